The molecule has 0 aliphatic heterocycles. The van der Waals surface area contributed by atoms with E-state index in [9.17, 15) is 43.2 Å². The lowest BCUT2D eigenvalue weighted by molar-refractivity contribution is -0.161. The van der Waals surface area contributed by atoms with Gasteiger partial charge in [-0.05, 0) is 37.5 Å². The molecule has 19 heteroatoms. The van der Waals surface area contributed by atoms with Crippen molar-refractivity contribution < 1.29 is 80.2 Å². The predicted molar refractivity (Wildman–Crippen MR) is 368 cm³/mol. The van der Waals surface area contributed by atoms with E-state index in [0.29, 0.717) is 31.6 Å². The molecule has 17 nitrogen and oxygen atoms in total. The van der Waals surface area contributed by atoms with Crippen LogP contribution in [-0.4, -0.2) is 96.7 Å². The lowest BCUT2D eigenvalue weighted by Gasteiger charge is -2.21. The van der Waals surface area contributed by atoms with Crippen molar-refractivity contribution >= 4 is 39.5 Å². The maximum Gasteiger partial charge on any atom is 0.472 e. The first-order valence-corrected chi connectivity index (χ1v) is 40.5. The highest BCUT2D eigenvalue weighted by Gasteiger charge is 2.30. The zero-order valence-electron chi connectivity index (χ0n) is 59.1. The Hall–Kier alpha value is -1.94. The van der Waals surface area contributed by atoms with Crippen molar-refractivity contribution in [2.24, 2.45) is 11.8 Å². The number of phosphoric acid groups is 2. The number of ether oxygens (including phenoxy) is 4. The van der Waals surface area contributed by atoms with Gasteiger partial charge in [-0.15, -0.1) is 0 Å². The van der Waals surface area contributed by atoms with Gasteiger partial charge in [0.05, 0.1) is 26.4 Å². The predicted octanol–water partition coefficient (Wildman–Crippen LogP) is 20.8. The third-order valence-corrected chi connectivity index (χ3v) is 18.6. The van der Waals surface area contributed by atoms with Crippen LogP contribution in [-0.2, 0) is 65.4 Å². The van der Waals surface area contributed by atoms with Crippen molar-refractivity contribution in [2.75, 3.05) is 39.6 Å². The smallest absolute Gasteiger partial charge is 0.462 e. The lowest BCUT2D eigenvalue weighted by Crippen LogP contribution is -2.30. The van der Waals surface area contributed by atoms with Crippen LogP contribution in [0.5, 0.6) is 0 Å². The van der Waals surface area contributed by atoms with Gasteiger partial charge in [0.2, 0.25) is 0 Å². The molecule has 0 saturated heterocycles. The van der Waals surface area contributed by atoms with E-state index in [-0.39, 0.29) is 25.7 Å². The Balaban J connectivity index is 5.23. The molecule has 0 rings (SSSR count). The summed E-state index contributed by atoms with van der Waals surface area (Å²) in [6.07, 6.45) is 50.0. The Morgan fingerprint density at radius 3 is 0.747 bits per heavy atom. The number of unbranched alkanes of at least 4 members (excludes halogenated alkanes) is 41. The number of esters is 4. The average Bonchev–Trinajstić information content (AvgIpc) is 3.38. The van der Waals surface area contributed by atoms with E-state index in [2.05, 4.69) is 41.5 Å². The zero-order chi connectivity index (χ0) is 67.2. The van der Waals surface area contributed by atoms with E-state index >= 15 is 0 Å². The van der Waals surface area contributed by atoms with Crippen LogP contribution in [0.2, 0.25) is 0 Å². The van der Waals surface area contributed by atoms with Crippen molar-refractivity contribution in [1.29, 1.82) is 0 Å². The average molecular weight is 1340 g/mol. The summed E-state index contributed by atoms with van der Waals surface area (Å²) in [7, 11) is -9.90. The van der Waals surface area contributed by atoms with Gasteiger partial charge in [0.15, 0.2) is 12.2 Å². The van der Waals surface area contributed by atoms with Crippen LogP contribution < -0.4 is 0 Å². The molecular formula is C72H140O17P2. The molecule has 5 atom stereocenters. The number of aliphatic hydroxyl groups is 1. The standard InChI is InChI=1S/C72H140O17P2/c1-7-9-11-13-15-17-19-20-24-28-31-35-42-48-54-69(74)82-60-67(88-72(77)57-51-45-37-33-29-25-22-21-23-27-30-34-40-46-52-64(3)4)62-86-90(78,79)84-58-66(73)59-85-91(80,81)87-63-68(61-83-70(75)55-49-43-39-38-41-47-53-65(5)6)89-71(76)56-50-44-36-32-26-18-16-14-12-10-8-2/h64-68,73H,7-63H2,1-6H3,(H,78,79)(H,80,81)/t66-,67-,68-/m1/s1. The Kier molecular flexibility index (Phi) is 62.7. The van der Waals surface area contributed by atoms with Crippen LogP contribution >= 0.6 is 15.6 Å². The van der Waals surface area contributed by atoms with Gasteiger partial charge in [-0.3, -0.25) is 37.3 Å². The molecule has 0 saturated carbocycles. The van der Waals surface area contributed by atoms with E-state index in [1.54, 1.807) is 0 Å². The molecule has 0 bridgehead atoms. The Bertz CT molecular complexity index is 1770. The first-order valence-electron chi connectivity index (χ1n) is 37.5. The molecule has 0 aliphatic carbocycles. The molecule has 91 heavy (non-hydrogen) atoms. The summed E-state index contributed by atoms with van der Waals surface area (Å²) >= 11 is 0. The number of hydrogen-bond donors (Lipinski definition) is 3. The van der Waals surface area contributed by atoms with Crippen molar-refractivity contribution in [3.63, 3.8) is 0 Å². The number of rotatable bonds is 71. The Labute approximate surface area is 556 Å². The minimum Gasteiger partial charge on any atom is -0.462 e. The molecule has 0 amide bonds. The van der Waals surface area contributed by atoms with Crippen LogP contribution in [0.15, 0.2) is 0 Å². The first kappa shape index (κ1) is 89.1. The molecule has 0 fully saturated rings. The normalized spacial score (nSPS) is 14.1. The summed E-state index contributed by atoms with van der Waals surface area (Å²) in [5.41, 5.74) is 0. The van der Waals surface area contributed by atoms with Crippen LogP contribution in [0.4, 0.5) is 0 Å². The van der Waals surface area contributed by atoms with E-state index < -0.39 is 97.5 Å². The third-order valence-electron chi connectivity index (χ3n) is 16.7. The molecular weight excluding hydrogens is 1200 g/mol. The number of carbonyl (C=O) groups excluding carboxylic acids is 4. The van der Waals surface area contributed by atoms with Gasteiger partial charge in [0.1, 0.15) is 19.3 Å². The summed E-state index contributed by atoms with van der Waals surface area (Å²) in [6.45, 7) is 9.50. The summed E-state index contributed by atoms with van der Waals surface area (Å²) in [5, 5.41) is 10.6. The van der Waals surface area contributed by atoms with Crippen molar-refractivity contribution in [1.82, 2.24) is 0 Å². The summed E-state index contributed by atoms with van der Waals surface area (Å²) in [4.78, 5) is 72.6. The van der Waals surface area contributed by atoms with Gasteiger partial charge >= 0.3 is 39.5 Å². The summed E-state index contributed by atoms with van der Waals surface area (Å²) in [5.74, 6) is -0.647. The lowest BCUT2D eigenvalue weighted by atomic mass is 10.0. The monoisotopic (exact) mass is 1340 g/mol. The second-order valence-corrected chi connectivity index (χ2v) is 29.8. The van der Waals surface area contributed by atoms with Crippen LogP contribution in [0, 0.1) is 11.8 Å². The van der Waals surface area contributed by atoms with E-state index in [1.165, 1.54) is 180 Å². The SMILES string of the molecule is CCCCCCCCCCCCCCCCC(=O)OC[C@H](COP(=O)(O)OC[C@@H](O)COP(=O)(O)OC[C@@H](COC(=O)CCCCCCCCC(C)C)OC(=O)CCCCCCCCCCCCC)OC(=O)CCCCCCCCCCCCCCCCC(C)C. The van der Waals surface area contributed by atoms with Gasteiger partial charge in [0.25, 0.3) is 0 Å². The fourth-order valence-electron chi connectivity index (χ4n) is 10.9. The number of phosphoric ester groups is 2. The van der Waals surface area contributed by atoms with Crippen molar-refractivity contribution in [2.45, 2.75) is 387 Å². The molecule has 2 unspecified atom stereocenters. The van der Waals surface area contributed by atoms with Crippen molar-refractivity contribution in [3.05, 3.63) is 0 Å². The number of carbonyl (C=O) groups is 4. The second-order valence-electron chi connectivity index (χ2n) is 26.9. The van der Waals surface area contributed by atoms with Gasteiger partial charge in [-0.2, -0.15) is 0 Å². The molecule has 0 aliphatic rings. The molecule has 0 spiro atoms. The molecule has 0 aromatic rings. The number of aliphatic hydroxyl groups excluding tert-OH is 1. The minimum atomic E-state index is -4.95. The van der Waals surface area contributed by atoms with Crippen LogP contribution in [0.25, 0.3) is 0 Å². The highest BCUT2D eigenvalue weighted by atomic mass is 31.2. The molecule has 3 N–H and O–H groups in total. The highest BCUT2D eigenvalue weighted by Crippen LogP contribution is 2.45. The van der Waals surface area contributed by atoms with Gasteiger partial charge in [0, 0.05) is 25.7 Å². The van der Waals surface area contributed by atoms with E-state index in [4.69, 9.17) is 37.0 Å². The third kappa shape index (κ3) is 66.5. The summed E-state index contributed by atoms with van der Waals surface area (Å²) in [6, 6.07) is 0. The fraction of sp³-hybridized carbons (Fsp3) is 0.944. The van der Waals surface area contributed by atoms with Gasteiger partial charge in [-0.1, -0.05) is 318 Å². The maximum absolute atomic E-state index is 13.0. The molecule has 0 aromatic heterocycles. The zero-order valence-corrected chi connectivity index (χ0v) is 60.9. The van der Waals surface area contributed by atoms with Crippen molar-refractivity contribution in [3.8, 4) is 0 Å². The second kappa shape index (κ2) is 64.1. The topological polar surface area (TPSA) is 237 Å². The first-order chi connectivity index (χ1) is 43.9. The highest BCUT2D eigenvalue weighted by molar-refractivity contribution is 7.47. The molecule has 0 radical (unpaired) electrons. The number of hydrogen-bond acceptors (Lipinski definition) is 15. The molecule has 0 aromatic carbocycles. The van der Waals surface area contributed by atoms with Crippen LogP contribution in [0.3, 0.4) is 0 Å². The molecule has 540 valence electrons. The largest absolute Gasteiger partial charge is 0.472 e. The quantitative estimate of drug-likeness (QED) is 0.0222. The summed E-state index contributed by atoms with van der Waals surface area (Å²) < 4.78 is 68.3. The maximum atomic E-state index is 13.0. The van der Waals surface area contributed by atoms with E-state index in [0.717, 1.165) is 102 Å². The molecule has 0 heterocycles. The van der Waals surface area contributed by atoms with Gasteiger partial charge < -0.3 is 33.8 Å². The Morgan fingerprint density at radius 2 is 0.505 bits per heavy atom. The van der Waals surface area contributed by atoms with E-state index in [1.807, 2.05) is 0 Å². The van der Waals surface area contributed by atoms with Crippen LogP contribution in [0.1, 0.15) is 369 Å². The van der Waals surface area contributed by atoms with Gasteiger partial charge in [-0.25, -0.2) is 9.13 Å². The minimum absolute atomic E-state index is 0.106. The fourth-order valence-corrected chi connectivity index (χ4v) is 12.5. The Morgan fingerprint density at radius 1 is 0.297 bits per heavy atom.